The number of carbonyl (C=O) groups excluding carboxylic acids is 2. The zero-order valence-corrected chi connectivity index (χ0v) is 12.4. The van der Waals surface area contributed by atoms with Crippen molar-refractivity contribution in [2.24, 2.45) is 0 Å². The molecule has 0 aliphatic carbocycles. The van der Waals surface area contributed by atoms with E-state index in [4.69, 9.17) is 23.2 Å². The van der Waals surface area contributed by atoms with Gasteiger partial charge in [-0.3, -0.25) is 9.59 Å². The number of hydrogen-bond donors (Lipinski definition) is 1. The highest BCUT2D eigenvalue weighted by Crippen LogP contribution is 2.29. The summed E-state index contributed by atoms with van der Waals surface area (Å²) < 4.78 is 0. The molecule has 1 rings (SSSR count). The number of benzene rings is 1. The summed E-state index contributed by atoms with van der Waals surface area (Å²) in [5.74, 6) is -1.31. The van der Waals surface area contributed by atoms with Crippen molar-refractivity contribution in [1.82, 2.24) is 4.90 Å². The third-order valence-electron chi connectivity index (χ3n) is 2.59. The Morgan fingerprint density at radius 2 is 2.00 bits per heavy atom. The maximum atomic E-state index is 11.8. The van der Waals surface area contributed by atoms with Crippen molar-refractivity contribution in [2.45, 2.75) is 19.8 Å². The highest BCUT2D eigenvalue weighted by molar-refractivity contribution is 6.45. The molecule has 104 valence electrons. The molecule has 0 heterocycles. The molecule has 0 radical (unpaired) electrons. The number of hydrogen-bond acceptors (Lipinski definition) is 2. The first-order chi connectivity index (χ1) is 8.97. The quantitative estimate of drug-likeness (QED) is 0.868. The summed E-state index contributed by atoms with van der Waals surface area (Å²) >= 11 is 11.8. The van der Waals surface area contributed by atoms with E-state index < -0.39 is 11.8 Å². The number of rotatable bonds is 4. The first-order valence-electron chi connectivity index (χ1n) is 5.97. The highest BCUT2D eigenvalue weighted by atomic mass is 35.5. The van der Waals surface area contributed by atoms with Gasteiger partial charge < -0.3 is 10.2 Å². The number of anilines is 1. The van der Waals surface area contributed by atoms with Crippen LogP contribution in [0.15, 0.2) is 18.2 Å². The molecule has 0 bridgehead atoms. The van der Waals surface area contributed by atoms with Crippen molar-refractivity contribution in [3.05, 3.63) is 28.2 Å². The summed E-state index contributed by atoms with van der Waals surface area (Å²) in [6.45, 7) is 2.57. The van der Waals surface area contributed by atoms with Gasteiger partial charge >= 0.3 is 11.8 Å². The number of likely N-dealkylation sites (N-methyl/N-ethyl adjacent to an activating group) is 1. The summed E-state index contributed by atoms with van der Waals surface area (Å²) in [7, 11) is 1.59. The van der Waals surface area contributed by atoms with E-state index in [2.05, 4.69) is 5.32 Å². The lowest BCUT2D eigenvalue weighted by Crippen LogP contribution is -2.37. The zero-order valence-electron chi connectivity index (χ0n) is 10.9. The fraction of sp³-hybridized carbons (Fsp3) is 0.385. The Labute approximate surface area is 122 Å². The Bertz CT molecular complexity index is 478. The summed E-state index contributed by atoms with van der Waals surface area (Å²) in [6, 6.07) is 4.84. The first kappa shape index (κ1) is 15.8. The Kier molecular flexibility index (Phi) is 6.12. The largest absolute Gasteiger partial charge is 0.338 e. The molecule has 0 spiro atoms. The number of carbonyl (C=O) groups is 2. The smallest absolute Gasteiger partial charge is 0.313 e. The molecular weight excluding hydrogens is 287 g/mol. The Morgan fingerprint density at radius 1 is 1.32 bits per heavy atom. The third kappa shape index (κ3) is 4.40. The number of nitrogens with one attached hydrogen (secondary N) is 1. The number of amides is 2. The highest BCUT2D eigenvalue weighted by Gasteiger charge is 2.19. The van der Waals surface area contributed by atoms with Gasteiger partial charge in [-0.05, 0) is 18.6 Å². The van der Waals surface area contributed by atoms with E-state index in [1.165, 1.54) is 4.90 Å². The molecule has 0 saturated carbocycles. The topological polar surface area (TPSA) is 49.4 Å². The predicted molar refractivity (Wildman–Crippen MR) is 77.6 cm³/mol. The van der Waals surface area contributed by atoms with Crippen LogP contribution in [0.1, 0.15) is 19.8 Å². The van der Waals surface area contributed by atoms with Gasteiger partial charge in [0.05, 0.1) is 15.7 Å². The lowest BCUT2D eigenvalue weighted by Gasteiger charge is -2.16. The van der Waals surface area contributed by atoms with E-state index in [0.29, 0.717) is 17.3 Å². The monoisotopic (exact) mass is 302 g/mol. The fourth-order valence-electron chi connectivity index (χ4n) is 1.45. The van der Waals surface area contributed by atoms with Crippen molar-refractivity contribution in [2.75, 3.05) is 18.9 Å². The first-order valence-corrected chi connectivity index (χ1v) is 6.73. The Morgan fingerprint density at radius 3 is 2.63 bits per heavy atom. The molecule has 0 fully saturated rings. The number of nitrogens with zero attached hydrogens (tertiary/aromatic N) is 1. The minimum Gasteiger partial charge on any atom is -0.338 e. The van der Waals surface area contributed by atoms with Crippen molar-refractivity contribution in [3.8, 4) is 0 Å². The maximum absolute atomic E-state index is 11.8. The van der Waals surface area contributed by atoms with Crippen LogP contribution in [-0.4, -0.2) is 30.3 Å². The molecule has 4 nitrogen and oxygen atoms in total. The molecule has 6 heteroatoms. The van der Waals surface area contributed by atoms with Crippen molar-refractivity contribution in [3.63, 3.8) is 0 Å². The van der Waals surface area contributed by atoms with Gasteiger partial charge in [-0.1, -0.05) is 42.6 Å². The summed E-state index contributed by atoms with van der Waals surface area (Å²) in [5, 5.41) is 3.01. The molecule has 0 atom stereocenters. The maximum Gasteiger partial charge on any atom is 0.313 e. The van der Waals surface area contributed by atoms with E-state index >= 15 is 0 Å². The van der Waals surface area contributed by atoms with Crippen LogP contribution in [-0.2, 0) is 9.59 Å². The van der Waals surface area contributed by atoms with E-state index in [0.717, 1.165) is 12.8 Å². The van der Waals surface area contributed by atoms with Gasteiger partial charge in [0.15, 0.2) is 0 Å². The van der Waals surface area contributed by atoms with Crippen LogP contribution in [0.3, 0.4) is 0 Å². The van der Waals surface area contributed by atoms with E-state index in [-0.39, 0.29) is 5.02 Å². The van der Waals surface area contributed by atoms with Gasteiger partial charge in [0.2, 0.25) is 0 Å². The fourth-order valence-corrected chi connectivity index (χ4v) is 1.79. The SMILES string of the molecule is CCCCN(C)C(=O)C(=O)Nc1cccc(Cl)c1Cl. The van der Waals surface area contributed by atoms with Crippen LogP contribution >= 0.6 is 23.2 Å². The minimum atomic E-state index is -0.720. The van der Waals surface area contributed by atoms with Crippen molar-refractivity contribution in [1.29, 1.82) is 0 Å². The van der Waals surface area contributed by atoms with Gasteiger partial charge in [-0.25, -0.2) is 0 Å². The van der Waals surface area contributed by atoms with Gasteiger partial charge in [0.25, 0.3) is 0 Å². The molecule has 0 saturated heterocycles. The standard InChI is InChI=1S/C13H16Cl2N2O2/c1-3-4-8-17(2)13(19)12(18)16-10-7-5-6-9(14)11(10)15/h5-7H,3-4,8H2,1-2H3,(H,16,18). The molecule has 2 amide bonds. The molecule has 1 aromatic carbocycles. The molecule has 1 N–H and O–H groups in total. The van der Waals surface area contributed by atoms with Gasteiger partial charge in [-0.15, -0.1) is 0 Å². The summed E-state index contributed by atoms with van der Waals surface area (Å²) in [6.07, 6.45) is 1.81. The number of unbranched alkanes of at least 4 members (excludes halogenated alkanes) is 1. The molecule has 0 aliphatic rings. The second kappa shape index (κ2) is 7.36. The van der Waals surface area contributed by atoms with Crippen LogP contribution in [0.2, 0.25) is 10.0 Å². The van der Waals surface area contributed by atoms with E-state index in [9.17, 15) is 9.59 Å². The average Bonchev–Trinajstić information content (AvgIpc) is 2.40. The lowest BCUT2D eigenvalue weighted by molar-refractivity contribution is -0.142. The van der Waals surface area contributed by atoms with Crippen LogP contribution in [0.5, 0.6) is 0 Å². The molecule has 0 aliphatic heterocycles. The minimum absolute atomic E-state index is 0.224. The normalized spacial score (nSPS) is 10.1. The van der Waals surface area contributed by atoms with Crippen LogP contribution in [0.4, 0.5) is 5.69 Å². The van der Waals surface area contributed by atoms with Crippen LogP contribution < -0.4 is 5.32 Å². The molecular formula is C13H16Cl2N2O2. The Balaban J connectivity index is 2.69. The van der Waals surface area contributed by atoms with Gasteiger partial charge in [-0.2, -0.15) is 0 Å². The van der Waals surface area contributed by atoms with E-state index in [1.54, 1.807) is 25.2 Å². The van der Waals surface area contributed by atoms with Gasteiger partial charge in [0, 0.05) is 13.6 Å². The van der Waals surface area contributed by atoms with Crippen molar-refractivity contribution >= 4 is 40.7 Å². The zero-order chi connectivity index (χ0) is 14.4. The summed E-state index contributed by atoms with van der Waals surface area (Å²) in [4.78, 5) is 24.9. The molecule has 0 unspecified atom stereocenters. The summed E-state index contributed by atoms with van der Waals surface area (Å²) in [5.41, 5.74) is 0.330. The average molecular weight is 303 g/mol. The van der Waals surface area contributed by atoms with E-state index in [1.807, 2.05) is 6.92 Å². The van der Waals surface area contributed by atoms with Crippen LogP contribution in [0, 0.1) is 0 Å². The third-order valence-corrected chi connectivity index (χ3v) is 3.41. The van der Waals surface area contributed by atoms with Crippen LogP contribution in [0.25, 0.3) is 0 Å². The molecule has 19 heavy (non-hydrogen) atoms. The Hall–Kier alpha value is -1.26. The van der Waals surface area contributed by atoms with Crippen molar-refractivity contribution < 1.29 is 9.59 Å². The molecule has 0 aromatic heterocycles. The second-order valence-corrected chi connectivity index (χ2v) is 4.92. The van der Waals surface area contributed by atoms with Gasteiger partial charge in [0.1, 0.15) is 0 Å². The predicted octanol–water partition coefficient (Wildman–Crippen LogP) is 3.19. The second-order valence-electron chi connectivity index (χ2n) is 4.14. The number of halogens is 2. The molecule has 1 aromatic rings. The lowest BCUT2D eigenvalue weighted by atomic mass is 10.3.